The lowest BCUT2D eigenvalue weighted by atomic mass is 10.1. The lowest BCUT2D eigenvalue weighted by molar-refractivity contribution is -0.125. The van der Waals surface area contributed by atoms with Crippen molar-refractivity contribution in [3.63, 3.8) is 0 Å². The van der Waals surface area contributed by atoms with Crippen LogP contribution < -0.4 is 5.73 Å². The van der Waals surface area contributed by atoms with E-state index < -0.39 is 0 Å². The molecule has 20 heavy (non-hydrogen) atoms. The molecule has 1 heterocycles. The Morgan fingerprint density at radius 2 is 2.10 bits per heavy atom. The van der Waals surface area contributed by atoms with E-state index in [4.69, 9.17) is 16.4 Å². The van der Waals surface area contributed by atoms with Crippen LogP contribution in [0.25, 0.3) is 6.08 Å². The van der Waals surface area contributed by atoms with Crippen molar-refractivity contribution >= 4 is 23.9 Å². The van der Waals surface area contributed by atoms with Crippen LogP contribution >= 0.6 is 0 Å². The summed E-state index contributed by atoms with van der Waals surface area (Å²) in [5.74, 6) is -0.222. The van der Waals surface area contributed by atoms with E-state index in [0.717, 1.165) is 12.8 Å². The number of carbonyl (C=O) groups excluding carboxylic acids is 1. The van der Waals surface area contributed by atoms with E-state index in [1.807, 2.05) is 6.07 Å². The van der Waals surface area contributed by atoms with E-state index in [9.17, 15) is 4.79 Å². The molecule has 1 aromatic rings. The predicted octanol–water partition coefficient (Wildman–Crippen LogP) is 1.80. The monoisotopic (exact) mass is 268 g/mol. The summed E-state index contributed by atoms with van der Waals surface area (Å²) in [6, 6.07) is 7.06. The summed E-state index contributed by atoms with van der Waals surface area (Å²) in [7, 11) is 0. The van der Waals surface area contributed by atoms with Gasteiger partial charge >= 0.3 is 0 Å². The molecular weight excluding hydrogens is 252 g/mol. The number of hydrogen-bond donors (Lipinski definition) is 2. The van der Waals surface area contributed by atoms with Gasteiger partial charge in [0.2, 0.25) is 0 Å². The Labute approximate surface area is 117 Å². The number of nitrogens with two attached hydrogens (primary N) is 1. The molecule has 1 amide bonds. The predicted molar refractivity (Wildman–Crippen MR) is 78.1 cm³/mol. The quantitative estimate of drug-likeness (QED) is 0.379. The van der Waals surface area contributed by atoms with Gasteiger partial charge in [-0.25, -0.2) is 0 Å². The van der Waals surface area contributed by atoms with Crippen molar-refractivity contribution in [2.45, 2.75) is 12.8 Å². The highest BCUT2D eigenvalue weighted by Crippen LogP contribution is 2.17. The smallest absolute Gasteiger partial charge is 0.264 e. The fourth-order valence-electron chi connectivity index (χ4n) is 2.21. The van der Waals surface area contributed by atoms with Gasteiger partial charge in [0.05, 0.1) is 0 Å². The summed E-state index contributed by atoms with van der Waals surface area (Å²) < 4.78 is 0. The Balaban J connectivity index is 2.26. The Morgan fingerprint density at radius 3 is 2.65 bits per heavy atom. The van der Waals surface area contributed by atoms with Gasteiger partial charge in [0, 0.05) is 30.6 Å². The Morgan fingerprint density at radius 1 is 1.40 bits per heavy atom. The van der Waals surface area contributed by atoms with Crippen LogP contribution in [0.1, 0.15) is 24.0 Å². The highest BCUT2D eigenvalue weighted by Gasteiger charge is 2.21. The van der Waals surface area contributed by atoms with Crippen molar-refractivity contribution in [1.82, 2.24) is 4.90 Å². The zero-order valence-electron chi connectivity index (χ0n) is 11.1. The summed E-state index contributed by atoms with van der Waals surface area (Å²) in [5, 5.41) is 16.3. The molecule has 3 N–H and O–H groups in total. The van der Waals surface area contributed by atoms with Crippen LogP contribution in [0.3, 0.4) is 0 Å². The van der Waals surface area contributed by atoms with Crippen molar-refractivity contribution in [2.24, 2.45) is 0 Å². The molecule has 0 atom stereocenters. The molecule has 5 heteroatoms. The van der Waals surface area contributed by atoms with Gasteiger partial charge < -0.3 is 16.0 Å². The second-order valence-electron chi connectivity index (χ2n) is 4.70. The van der Waals surface area contributed by atoms with Crippen LogP contribution in [0.4, 0.5) is 5.69 Å². The van der Waals surface area contributed by atoms with Crippen molar-refractivity contribution < 1.29 is 4.79 Å². The molecule has 0 unspecified atom stereocenters. The topological polar surface area (TPSA) is 94.0 Å². The average molecular weight is 268 g/mol. The van der Waals surface area contributed by atoms with Gasteiger partial charge in [0.15, 0.2) is 0 Å². The van der Waals surface area contributed by atoms with Gasteiger partial charge in [-0.15, -0.1) is 0 Å². The highest BCUT2D eigenvalue weighted by molar-refractivity contribution is 6.02. The fourth-order valence-corrected chi connectivity index (χ4v) is 2.21. The van der Waals surface area contributed by atoms with E-state index in [0.29, 0.717) is 29.9 Å². The Bertz CT molecular complexity index is 607. The van der Waals surface area contributed by atoms with Crippen LogP contribution in [0, 0.1) is 16.7 Å². The largest absolute Gasteiger partial charge is 0.398 e. The number of nitrogens with one attached hydrogen (secondary N) is 1. The Hall–Kier alpha value is -2.61. The number of amides is 1. The SMILES string of the molecule is N#C/C(=C\c1ccc(C=N)c(N)c1)C(=O)N1CCCC1. The molecule has 5 nitrogen and oxygen atoms in total. The van der Waals surface area contributed by atoms with Crippen LogP contribution in [0.5, 0.6) is 0 Å². The first kappa shape index (κ1) is 13.8. The maximum absolute atomic E-state index is 12.2. The molecule has 0 aliphatic carbocycles. The van der Waals surface area contributed by atoms with Crippen molar-refractivity contribution in [2.75, 3.05) is 18.8 Å². The number of nitrogens with zero attached hydrogens (tertiary/aromatic N) is 2. The third kappa shape index (κ3) is 2.86. The molecule has 0 bridgehead atoms. The second-order valence-corrected chi connectivity index (χ2v) is 4.70. The molecule has 1 fully saturated rings. The molecule has 0 radical (unpaired) electrons. The number of hydrogen-bond acceptors (Lipinski definition) is 4. The maximum Gasteiger partial charge on any atom is 0.264 e. The third-order valence-electron chi connectivity index (χ3n) is 3.32. The van der Waals surface area contributed by atoms with E-state index >= 15 is 0 Å². The molecule has 102 valence electrons. The zero-order chi connectivity index (χ0) is 14.5. The van der Waals surface area contributed by atoms with E-state index in [1.54, 1.807) is 29.2 Å². The molecule has 0 saturated carbocycles. The minimum absolute atomic E-state index is 0.119. The molecule has 0 aromatic heterocycles. The average Bonchev–Trinajstić information content (AvgIpc) is 2.98. The molecule has 1 aliphatic heterocycles. The van der Waals surface area contributed by atoms with Gasteiger partial charge in [-0.3, -0.25) is 4.79 Å². The molecule has 1 aliphatic rings. The van der Waals surface area contributed by atoms with Gasteiger partial charge in [-0.1, -0.05) is 12.1 Å². The van der Waals surface area contributed by atoms with Gasteiger partial charge in [0.25, 0.3) is 5.91 Å². The number of rotatable bonds is 3. The second kappa shape index (κ2) is 6.02. The molecule has 1 aromatic carbocycles. The molecule has 1 saturated heterocycles. The van der Waals surface area contributed by atoms with Gasteiger partial charge in [0.1, 0.15) is 11.6 Å². The lowest BCUT2D eigenvalue weighted by Crippen LogP contribution is -2.28. The minimum Gasteiger partial charge on any atom is -0.398 e. The standard InChI is InChI=1S/C15H16N4O/c16-9-12-4-3-11(8-14(12)18)7-13(10-17)15(20)19-5-1-2-6-19/h3-4,7-9,16H,1-2,5-6,18H2/b13-7+,16-9?. The molecule has 2 rings (SSSR count). The van der Waals surface area contributed by atoms with Crippen molar-refractivity contribution in [1.29, 1.82) is 10.7 Å². The first-order chi connectivity index (χ1) is 9.65. The first-order valence-corrected chi connectivity index (χ1v) is 6.47. The van der Waals surface area contributed by atoms with Gasteiger partial charge in [-0.2, -0.15) is 5.26 Å². The minimum atomic E-state index is -0.222. The number of carbonyl (C=O) groups is 1. The van der Waals surface area contributed by atoms with E-state index in [1.165, 1.54) is 6.21 Å². The summed E-state index contributed by atoms with van der Waals surface area (Å²) in [5.41, 5.74) is 7.67. The van der Waals surface area contributed by atoms with Crippen LogP contribution in [-0.2, 0) is 4.79 Å². The summed E-state index contributed by atoms with van der Waals surface area (Å²) in [6.07, 6.45) is 4.70. The van der Waals surface area contributed by atoms with Crippen molar-refractivity contribution in [3.8, 4) is 6.07 Å². The summed E-state index contributed by atoms with van der Waals surface area (Å²) in [4.78, 5) is 13.9. The normalized spacial score (nSPS) is 14.9. The number of likely N-dealkylation sites (tertiary alicyclic amines) is 1. The molecular formula is C15H16N4O. The van der Waals surface area contributed by atoms with E-state index in [2.05, 4.69) is 0 Å². The van der Waals surface area contributed by atoms with Crippen LogP contribution in [0.2, 0.25) is 0 Å². The van der Waals surface area contributed by atoms with Gasteiger partial charge in [-0.05, 0) is 30.5 Å². The lowest BCUT2D eigenvalue weighted by Gasteiger charge is -2.14. The maximum atomic E-state index is 12.2. The number of nitriles is 1. The number of benzene rings is 1. The zero-order valence-corrected chi connectivity index (χ0v) is 11.1. The summed E-state index contributed by atoms with van der Waals surface area (Å²) in [6.45, 7) is 1.43. The fraction of sp³-hybridized carbons (Fsp3) is 0.267. The van der Waals surface area contributed by atoms with Crippen LogP contribution in [0.15, 0.2) is 23.8 Å². The number of nitrogen functional groups attached to an aromatic ring is 1. The first-order valence-electron chi connectivity index (χ1n) is 6.47. The van der Waals surface area contributed by atoms with E-state index in [-0.39, 0.29) is 11.5 Å². The third-order valence-corrected chi connectivity index (χ3v) is 3.32. The highest BCUT2D eigenvalue weighted by atomic mass is 16.2. The summed E-state index contributed by atoms with van der Waals surface area (Å²) >= 11 is 0. The number of anilines is 1. The van der Waals surface area contributed by atoms with Crippen molar-refractivity contribution in [3.05, 3.63) is 34.9 Å². The Kier molecular flexibility index (Phi) is 4.16. The molecule has 0 spiro atoms. The van der Waals surface area contributed by atoms with Crippen LogP contribution in [-0.4, -0.2) is 30.1 Å².